The summed E-state index contributed by atoms with van der Waals surface area (Å²) in [5.74, 6) is -0.684. The molecule has 2 heterocycles. The fraction of sp³-hybridized carbons (Fsp3) is 0.909. The first-order valence-corrected chi connectivity index (χ1v) is 5.27. The molecule has 14 heavy (non-hydrogen) atoms. The van der Waals surface area contributed by atoms with E-state index in [9.17, 15) is 4.79 Å². The van der Waals surface area contributed by atoms with Gasteiger partial charge in [0.15, 0.2) is 0 Å². The molecule has 2 bridgehead atoms. The van der Waals surface area contributed by atoms with Crippen molar-refractivity contribution in [1.29, 1.82) is 0 Å². The van der Waals surface area contributed by atoms with Gasteiger partial charge in [-0.15, -0.1) is 0 Å². The Hall–Kier alpha value is -0.570. The van der Waals surface area contributed by atoms with Gasteiger partial charge < -0.3 is 9.84 Å². The van der Waals surface area contributed by atoms with Crippen LogP contribution in [-0.4, -0.2) is 22.3 Å². The quantitative estimate of drug-likeness (QED) is 0.701. The molecule has 80 valence electrons. The number of carboxylic acids is 1. The van der Waals surface area contributed by atoms with Crippen LogP contribution >= 0.6 is 0 Å². The Kier molecular flexibility index (Phi) is 1.94. The number of rotatable bonds is 1. The van der Waals surface area contributed by atoms with Crippen LogP contribution in [0.3, 0.4) is 0 Å². The normalized spacial score (nSPS) is 45.1. The van der Waals surface area contributed by atoms with Crippen molar-refractivity contribution in [3.63, 3.8) is 0 Å². The molecule has 0 aromatic carbocycles. The second kappa shape index (κ2) is 2.72. The summed E-state index contributed by atoms with van der Waals surface area (Å²) < 4.78 is 5.98. The van der Waals surface area contributed by atoms with Gasteiger partial charge in [-0.1, -0.05) is 0 Å². The fourth-order valence-corrected chi connectivity index (χ4v) is 3.27. The lowest BCUT2D eigenvalue weighted by Gasteiger charge is -2.56. The maximum atomic E-state index is 11.1. The molecule has 0 spiro atoms. The number of hydrogen-bond acceptors (Lipinski definition) is 2. The van der Waals surface area contributed by atoms with E-state index in [4.69, 9.17) is 9.84 Å². The summed E-state index contributed by atoms with van der Waals surface area (Å²) >= 11 is 0. The van der Waals surface area contributed by atoms with Gasteiger partial charge in [0, 0.05) is 5.92 Å². The third kappa shape index (κ3) is 1.34. The van der Waals surface area contributed by atoms with Crippen LogP contribution in [0.15, 0.2) is 0 Å². The number of ether oxygens (including phenoxy) is 1. The van der Waals surface area contributed by atoms with Crippen LogP contribution in [0.5, 0.6) is 0 Å². The topological polar surface area (TPSA) is 46.5 Å². The van der Waals surface area contributed by atoms with Crippen LogP contribution in [0.4, 0.5) is 0 Å². The van der Waals surface area contributed by atoms with Crippen molar-refractivity contribution in [3.8, 4) is 0 Å². The van der Waals surface area contributed by atoms with Gasteiger partial charge in [0.05, 0.1) is 17.1 Å². The summed E-state index contributed by atoms with van der Waals surface area (Å²) in [7, 11) is 0. The third-order valence-corrected chi connectivity index (χ3v) is 3.84. The Morgan fingerprint density at radius 2 is 2.07 bits per heavy atom. The van der Waals surface area contributed by atoms with E-state index >= 15 is 0 Å². The monoisotopic (exact) mass is 198 g/mol. The van der Waals surface area contributed by atoms with E-state index in [0.29, 0.717) is 6.42 Å². The smallest absolute Gasteiger partial charge is 0.306 e. The average Bonchev–Trinajstić information content (AvgIpc) is 2.00. The van der Waals surface area contributed by atoms with Gasteiger partial charge in [-0.25, -0.2) is 0 Å². The molecule has 3 nitrogen and oxygen atoms in total. The number of carboxylic acid groups (broad SMARTS) is 1. The van der Waals surface area contributed by atoms with Crippen LogP contribution in [0.1, 0.15) is 40.0 Å². The molecule has 0 radical (unpaired) electrons. The zero-order chi connectivity index (χ0) is 10.6. The van der Waals surface area contributed by atoms with Crippen molar-refractivity contribution in [1.82, 2.24) is 0 Å². The first-order chi connectivity index (χ1) is 6.34. The van der Waals surface area contributed by atoms with Crippen molar-refractivity contribution in [2.24, 2.45) is 11.8 Å². The number of aliphatic carboxylic acids is 1. The number of carbonyl (C=O) groups is 1. The summed E-state index contributed by atoms with van der Waals surface area (Å²) in [5, 5.41) is 9.15. The SMILES string of the molecule is CC12CCC(C(C(=O)O)C1)C(C)(C)O2. The van der Waals surface area contributed by atoms with E-state index in [2.05, 4.69) is 0 Å². The fourth-order valence-electron chi connectivity index (χ4n) is 3.27. The van der Waals surface area contributed by atoms with Gasteiger partial charge in [-0.2, -0.15) is 0 Å². The summed E-state index contributed by atoms with van der Waals surface area (Å²) in [5.41, 5.74) is -0.477. The second-order valence-electron chi connectivity index (χ2n) is 5.45. The predicted octanol–water partition coefficient (Wildman–Crippen LogP) is 2.05. The Morgan fingerprint density at radius 1 is 1.43 bits per heavy atom. The van der Waals surface area contributed by atoms with Crippen LogP contribution < -0.4 is 0 Å². The Labute approximate surface area is 84.4 Å². The number of hydrogen-bond donors (Lipinski definition) is 1. The molecule has 0 amide bonds. The third-order valence-electron chi connectivity index (χ3n) is 3.84. The Bertz CT molecular complexity index is 269. The van der Waals surface area contributed by atoms with Gasteiger partial charge in [0.1, 0.15) is 0 Å². The molecule has 1 N–H and O–H groups in total. The van der Waals surface area contributed by atoms with E-state index in [-0.39, 0.29) is 23.0 Å². The van der Waals surface area contributed by atoms with Gasteiger partial charge in [0.2, 0.25) is 0 Å². The van der Waals surface area contributed by atoms with Crippen molar-refractivity contribution in [2.45, 2.75) is 51.2 Å². The minimum Gasteiger partial charge on any atom is -0.481 e. The zero-order valence-electron chi connectivity index (χ0n) is 9.04. The highest BCUT2D eigenvalue weighted by Gasteiger charge is 2.55. The van der Waals surface area contributed by atoms with Gasteiger partial charge in [-0.05, 0) is 40.0 Å². The largest absolute Gasteiger partial charge is 0.481 e. The van der Waals surface area contributed by atoms with Gasteiger partial charge in [-0.3, -0.25) is 4.79 Å². The van der Waals surface area contributed by atoms with E-state index < -0.39 is 5.97 Å². The molecule has 3 fully saturated rings. The summed E-state index contributed by atoms with van der Waals surface area (Å²) in [6.45, 7) is 6.08. The molecule has 0 aromatic rings. The minimum absolute atomic E-state index is 0.182. The van der Waals surface area contributed by atoms with Crippen molar-refractivity contribution < 1.29 is 14.6 Å². The first kappa shape index (κ1) is 9.97. The average molecular weight is 198 g/mol. The maximum Gasteiger partial charge on any atom is 0.306 e. The highest BCUT2D eigenvalue weighted by atomic mass is 16.5. The van der Waals surface area contributed by atoms with Crippen LogP contribution in [0, 0.1) is 11.8 Å². The van der Waals surface area contributed by atoms with E-state index in [1.54, 1.807) is 0 Å². The molecule has 2 aliphatic heterocycles. The minimum atomic E-state index is -0.655. The maximum absolute atomic E-state index is 11.1. The van der Waals surface area contributed by atoms with Crippen LogP contribution in [-0.2, 0) is 9.53 Å². The predicted molar refractivity (Wildman–Crippen MR) is 52.0 cm³/mol. The van der Waals surface area contributed by atoms with Crippen molar-refractivity contribution in [2.75, 3.05) is 0 Å². The molecule has 1 aliphatic carbocycles. The van der Waals surface area contributed by atoms with Gasteiger partial charge >= 0.3 is 5.97 Å². The molecule has 0 aromatic heterocycles. The Morgan fingerprint density at radius 3 is 2.50 bits per heavy atom. The van der Waals surface area contributed by atoms with Crippen LogP contribution in [0.25, 0.3) is 0 Å². The summed E-state index contributed by atoms with van der Waals surface area (Å²) in [4.78, 5) is 11.1. The first-order valence-electron chi connectivity index (χ1n) is 5.27. The van der Waals surface area contributed by atoms with E-state index in [1.807, 2.05) is 20.8 Å². The molecule has 1 saturated carbocycles. The van der Waals surface area contributed by atoms with E-state index in [1.165, 1.54) is 0 Å². The Balaban J connectivity index is 2.31. The van der Waals surface area contributed by atoms with Crippen LogP contribution in [0.2, 0.25) is 0 Å². The highest BCUT2D eigenvalue weighted by molar-refractivity contribution is 5.71. The van der Waals surface area contributed by atoms with Crippen molar-refractivity contribution >= 4 is 5.97 Å². The molecule has 3 heteroatoms. The summed E-state index contributed by atoms with van der Waals surface area (Å²) in [6, 6.07) is 0. The summed E-state index contributed by atoms with van der Waals surface area (Å²) in [6.07, 6.45) is 2.67. The van der Waals surface area contributed by atoms with Gasteiger partial charge in [0.25, 0.3) is 0 Å². The highest BCUT2D eigenvalue weighted by Crippen LogP contribution is 2.52. The molecule has 3 atom stereocenters. The molecular formula is C11H18O3. The van der Waals surface area contributed by atoms with E-state index in [0.717, 1.165) is 12.8 Å². The molecule has 3 aliphatic rings. The molecule has 2 saturated heterocycles. The zero-order valence-corrected chi connectivity index (χ0v) is 9.04. The lowest BCUT2D eigenvalue weighted by Crippen LogP contribution is -2.59. The number of fused-ring (bicyclic) bond motifs is 3. The lowest BCUT2D eigenvalue weighted by atomic mass is 9.63. The van der Waals surface area contributed by atoms with Crippen molar-refractivity contribution in [3.05, 3.63) is 0 Å². The second-order valence-corrected chi connectivity index (χ2v) is 5.45. The standard InChI is InChI=1S/C11H18O3/c1-10(2)8-4-5-11(3,14-10)6-7(8)9(12)13/h7-8H,4-6H2,1-3H3,(H,12,13). The molecule has 3 unspecified atom stereocenters. The molecular weight excluding hydrogens is 180 g/mol. The lowest BCUT2D eigenvalue weighted by molar-refractivity contribution is -0.251. The molecule has 3 rings (SSSR count).